The molecular formula is C21H28N4O2. The first-order valence-corrected chi connectivity index (χ1v) is 9.61. The average Bonchev–Trinajstić information content (AvgIpc) is 3.18. The Balaban J connectivity index is 1.28. The van der Waals surface area contributed by atoms with E-state index in [1.165, 1.54) is 5.56 Å². The summed E-state index contributed by atoms with van der Waals surface area (Å²) < 4.78 is 7.93. The second-order valence-electron chi connectivity index (χ2n) is 8.09. The molecule has 1 aromatic heterocycles. The third kappa shape index (κ3) is 3.77. The van der Waals surface area contributed by atoms with Gasteiger partial charge in [-0.2, -0.15) is 5.10 Å². The predicted molar refractivity (Wildman–Crippen MR) is 103 cm³/mol. The number of aryl methyl sites for hydroxylation is 2. The molecule has 2 aliphatic rings. The molecular weight excluding hydrogens is 340 g/mol. The minimum absolute atomic E-state index is 0.122. The van der Waals surface area contributed by atoms with Crippen molar-refractivity contribution in [2.24, 2.45) is 0 Å². The molecule has 6 nitrogen and oxygen atoms in total. The largest absolute Gasteiger partial charge is 0.370 e. The molecule has 0 N–H and O–H groups in total. The van der Waals surface area contributed by atoms with E-state index in [0.29, 0.717) is 25.7 Å². The van der Waals surface area contributed by atoms with Crippen LogP contribution < -0.4 is 0 Å². The SMILES string of the molecule is Cc1cc(C)n(CC(=O)N2CC3(CC(N(C)Cc4ccccc4)CO3)C2)n1. The van der Waals surface area contributed by atoms with Crippen LogP contribution in [0.15, 0.2) is 36.4 Å². The lowest BCUT2D eigenvalue weighted by atomic mass is 9.89. The molecule has 2 aliphatic heterocycles. The molecule has 0 aliphatic carbocycles. The summed E-state index contributed by atoms with van der Waals surface area (Å²) in [6.07, 6.45) is 0.986. The topological polar surface area (TPSA) is 50.6 Å². The monoisotopic (exact) mass is 368 g/mol. The normalized spacial score (nSPS) is 21.0. The highest BCUT2D eigenvalue weighted by molar-refractivity contribution is 5.77. The number of nitrogens with zero attached hydrogens (tertiary/aromatic N) is 4. The number of carbonyl (C=O) groups is 1. The number of rotatable bonds is 5. The Morgan fingerprint density at radius 3 is 2.70 bits per heavy atom. The van der Waals surface area contributed by atoms with Crippen LogP contribution in [0.5, 0.6) is 0 Å². The molecule has 0 bridgehead atoms. The van der Waals surface area contributed by atoms with Gasteiger partial charge in [-0.15, -0.1) is 0 Å². The minimum atomic E-state index is -0.152. The maximum Gasteiger partial charge on any atom is 0.244 e. The maximum absolute atomic E-state index is 12.6. The number of likely N-dealkylation sites (N-methyl/N-ethyl adjacent to an activating group) is 1. The molecule has 0 radical (unpaired) electrons. The second-order valence-corrected chi connectivity index (χ2v) is 8.09. The van der Waals surface area contributed by atoms with Gasteiger partial charge >= 0.3 is 0 Å². The molecule has 1 atom stereocenters. The van der Waals surface area contributed by atoms with E-state index in [4.69, 9.17) is 4.74 Å². The highest BCUT2D eigenvalue weighted by atomic mass is 16.5. The second kappa shape index (κ2) is 7.09. The summed E-state index contributed by atoms with van der Waals surface area (Å²) in [5, 5.41) is 4.39. The molecule has 0 saturated carbocycles. The van der Waals surface area contributed by atoms with E-state index in [1.807, 2.05) is 30.9 Å². The van der Waals surface area contributed by atoms with Crippen molar-refractivity contribution < 1.29 is 9.53 Å². The van der Waals surface area contributed by atoms with Crippen LogP contribution in [-0.2, 0) is 22.6 Å². The van der Waals surface area contributed by atoms with Crippen molar-refractivity contribution in [3.63, 3.8) is 0 Å². The Kier molecular flexibility index (Phi) is 4.78. The van der Waals surface area contributed by atoms with Crippen LogP contribution in [0.2, 0.25) is 0 Å². The van der Waals surface area contributed by atoms with Gasteiger partial charge in [-0.25, -0.2) is 0 Å². The summed E-state index contributed by atoms with van der Waals surface area (Å²) in [4.78, 5) is 16.8. The van der Waals surface area contributed by atoms with E-state index in [1.54, 1.807) is 4.68 Å². The number of hydrogen-bond donors (Lipinski definition) is 0. The fraction of sp³-hybridized carbons (Fsp3) is 0.524. The molecule has 1 spiro atoms. The molecule has 2 fully saturated rings. The van der Waals surface area contributed by atoms with Gasteiger partial charge in [0.1, 0.15) is 12.1 Å². The Labute approximate surface area is 160 Å². The van der Waals surface area contributed by atoms with Crippen LogP contribution in [0.3, 0.4) is 0 Å². The zero-order chi connectivity index (χ0) is 19.0. The van der Waals surface area contributed by atoms with Crippen molar-refractivity contribution >= 4 is 5.91 Å². The summed E-state index contributed by atoms with van der Waals surface area (Å²) in [6.45, 7) is 7.30. The Morgan fingerprint density at radius 2 is 2.04 bits per heavy atom. The lowest BCUT2D eigenvalue weighted by Gasteiger charge is -2.47. The Hall–Kier alpha value is -2.18. The summed E-state index contributed by atoms with van der Waals surface area (Å²) in [7, 11) is 2.16. The van der Waals surface area contributed by atoms with Crippen LogP contribution in [0.1, 0.15) is 23.4 Å². The molecule has 1 amide bonds. The molecule has 1 unspecified atom stereocenters. The number of aromatic nitrogens is 2. The third-order valence-corrected chi connectivity index (χ3v) is 5.79. The van der Waals surface area contributed by atoms with Crippen LogP contribution in [0.25, 0.3) is 0 Å². The van der Waals surface area contributed by atoms with Gasteiger partial charge in [0.2, 0.25) is 5.91 Å². The van der Waals surface area contributed by atoms with Crippen molar-refractivity contribution in [2.45, 2.75) is 45.0 Å². The van der Waals surface area contributed by atoms with Crippen molar-refractivity contribution in [3.05, 3.63) is 53.3 Å². The van der Waals surface area contributed by atoms with Crippen molar-refractivity contribution in [1.82, 2.24) is 19.6 Å². The number of hydrogen-bond acceptors (Lipinski definition) is 4. The molecule has 1 aromatic carbocycles. The van der Waals surface area contributed by atoms with Gasteiger partial charge in [0, 0.05) is 18.3 Å². The lowest BCUT2D eigenvalue weighted by Crippen LogP contribution is -2.64. The lowest BCUT2D eigenvalue weighted by molar-refractivity contribution is -0.158. The molecule has 3 heterocycles. The van der Waals surface area contributed by atoms with E-state index >= 15 is 0 Å². The first kappa shape index (κ1) is 18.2. The minimum Gasteiger partial charge on any atom is -0.370 e. The molecule has 27 heavy (non-hydrogen) atoms. The summed E-state index contributed by atoms with van der Waals surface area (Å²) in [5.74, 6) is 0.122. The first-order valence-electron chi connectivity index (χ1n) is 9.61. The highest BCUT2D eigenvalue weighted by Gasteiger charge is 2.51. The average molecular weight is 368 g/mol. The van der Waals surface area contributed by atoms with Crippen LogP contribution >= 0.6 is 0 Å². The van der Waals surface area contributed by atoms with Crippen LogP contribution in [0, 0.1) is 13.8 Å². The van der Waals surface area contributed by atoms with E-state index < -0.39 is 0 Å². The van der Waals surface area contributed by atoms with Gasteiger partial charge in [-0.3, -0.25) is 14.4 Å². The highest BCUT2D eigenvalue weighted by Crippen LogP contribution is 2.37. The van der Waals surface area contributed by atoms with Crippen molar-refractivity contribution in [1.29, 1.82) is 0 Å². The van der Waals surface area contributed by atoms with Gasteiger partial charge in [0.05, 0.1) is 25.4 Å². The maximum atomic E-state index is 12.6. The quantitative estimate of drug-likeness (QED) is 0.810. The number of carbonyl (C=O) groups excluding carboxylic acids is 1. The van der Waals surface area contributed by atoms with Gasteiger partial charge in [0.25, 0.3) is 0 Å². The predicted octanol–water partition coefficient (Wildman–Crippen LogP) is 2.00. The van der Waals surface area contributed by atoms with Crippen molar-refractivity contribution in [3.8, 4) is 0 Å². The number of likely N-dealkylation sites (tertiary alicyclic amines) is 1. The summed E-state index contributed by atoms with van der Waals surface area (Å²) in [5.41, 5.74) is 3.14. The van der Waals surface area contributed by atoms with Gasteiger partial charge < -0.3 is 9.64 Å². The fourth-order valence-corrected chi connectivity index (χ4v) is 4.21. The first-order chi connectivity index (χ1) is 12.9. The molecule has 6 heteroatoms. The van der Waals surface area contributed by atoms with E-state index in [9.17, 15) is 4.79 Å². The summed E-state index contributed by atoms with van der Waals surface area (Å²) in [6, 6.07) is 12.9. The zero-order valence-corrected chi connectivity index (χ0v) is 16.4. The number of amides is 1. The number of ether oxygens (including phenoxy) is 1. The van der Waals surface area contributed by atoms with E-state index in [2.05, 4.69) is 41.3 Å². The summed E-state index contributed by atoms with van der Waals surface area (Å²) >= 11 is 0. The molecule has 144 valence electrons. The zero-order valence-electron chi connectivity index (χ0n) is 16.4. The van der Waals surface area contributed by atoms with Gasteiger partial charge in [-0.05, 0) is 38.9 Å². The van der Waals surface area contributed by atoms with Crippen molar-refractivity contribution in [2.75, 3.05) is 26.7 Å². The van der Waals surface area contributed by atoms with E-state index in [0.717, 1.165) is 31.0 Å². The standard InChI is InChI=1S/C21H28N4O2/c1-16-9-17(2)25(22-16)12-20(26)24-14-21(15-24)10-19(13-27-21)23(3)11-18-7-5-4-6-8-18/h4-9,19H,10-15H2,1-3H3. The number of benzene rings is 1. The fourth-order valence-electron chi connectivity index (χ4n) is 4.21. The molecule has 4 rings (SSSR count). The van der Waals surface area contributed by atoms with Crippen LogP contribution in [-0.4, -0.2) is 63.9 Å². The third-order valence-electron chi connectivity index (χ3n) is 5.79. The Morgan fingerprint density at radius 1 is 1.30 bits per heavy atom. The van der Waals surface area contributed by atoms with Gasteiger partial charge in [0.15, 0.2) is 0 Å². The Bertz CT molecular complexity index is 811. The van der Waals surface area contributed by atoms with Gasteiger partial charge in [-0.1, -0.05) is 30.3 Å². The molecule has 2 saturated heterocycles. The smallest absolute Gasteiger partial charge is 0.244 e. The van der Waals surface area contributed by atoms with Crippen LogP contribution in [0.4, 0.5) is 0 Å². The molecule has 2 aromatic rings. The van der Waals surface area contributed by atoms with E-state index in [-0.39, 0.29) is 11.5 Å².